The number of fused-ring (bicyclic) bond motifs is 1. The summed E-state index contributed by atoms with van der Waals surface area (Å²) in [6.45, 7) is 4.06. The van der Waals surface area contributed by atoms with Crippen molar-refractivity contribution in [2.24, 2.45) is 5.10 Å². The molecule has 6 heteroatoms. The Balaban J connectivity index is 1.75. The number of para-hydroxylation sites is 1. The van der Waals surface area contributed by atoms with Crippen molar-refractivity contribution in [2.75, 3.05) is 11.1 Å². The summed E-state index contributed by atoms with van der Waals surface area (Å²) in [6, 6.07) is 10.9. The highest BCUT2D eigenvalue weighted by Gasteiger charge is 2.17. The van der Waals surface area contributed by atoms with Crippen LogP contribution in [0, 0.1) is 19.7 Å². The molecule has 1 aliphatic heterocycles. The van der Waals surface area contributed by atoms with Gasteiger partial charge in [0.1, 0.15) is 5.82 Å². The van der Waals surface area contributed by atoms with Gasteiger partial charge < -0.3 is 5.32 Å². The molecule has 0 radical (unpaired) electrons. The predicted molar refractivity (Wildman–Crippen MR) is 104 cm³/mol. The molecule has 1 aliphatic rings. The molecule has 0 atom stereocenters. The zero-order chi connectivity index (χ0) is 17.1. The van der Waals surface area contributed by atoms with Crippen LogP contribution in [-0.4, -0.2) is 16.6 Å². The van der Waals surface area contributed by atoms with Gasteiger partial charge >= 0.3 is 0 Å². The van der Waals surface area contributed by atoms with Crippen molar-refractivity contribution in [2.45, 2.75) is 25.2 Å². The predicted octanol–water partition coefficient (Wildman–Crippen LogP) is 4.63. The number of anilines is 1. The molecule has 2 aromatic carbocycles. The lowest BCUT2D eigenvalue weighted by Crippen LogP contribution is -2.27. The van der Waals surface area contributed by atoms with Gasteiger partial charge in [-0.2, -0.15) is 5.10 Å². The van der Waals surface area contributed by atoms with Crippen LogP contribution in [0.1, 0.15) is 23.1 Å². The smallest absolute Gasteiger partial charge is 0.191 e. The normalized spacial score (nSPS) is 15.0. The van der Waals surface area contributed by atoms with Gasteiger partial charge in [-0.1, -0.05) is 18.2 Å². The Hall–Kier alpha value is -1.92. The molecule has 2 aromatic rings. The lowest BCUT2D eigenvalue weighted by Gasteiger charge is -2.18. The van der Waals surface area contributed by atoms with Gasteiger partial charge in [0, 0.05) is 28.3 Å². The highest BCUT2D eigenvalue weighted by molar-refractivity contribution is 7.99. The first-order chi connectivity index (χ1) is 11.5. The van der Waals surface area contributed by atoms with E-state index in [2.05, 4.69) is 15.8 Å². The number of rotatable bonds is 2. The summed E-state index contributed by atoms with van der Waals surface area (Å²) in [4.78, 5) is 1.05. The standard InChI is InChI=1S/C18H18FN3S2/c1-11-4-3-5-12(2)17(11)20-18(23)22-21-15-8-9-24-16-7-6-13(19)10-14(15)16/h3-7,10H,8-9H2,1-2H3,(H2,20,22,23). The second kappa shape index (κ2) is 7.32. The van der Waals surface area contributed by atoms with Crippen molar-refractivity contribution in [3.05, 3.63) is 58.9 Å². The molecule has 3 rings (SSSR count). The Labute approximate surface area is 150 Å². The average Bonchev–Trinajstić information content (AvgIpc) is 2.56. The number of benzene rings is 2. The molecule has 0 saturated heterocycles. The van der Waals surface area contributed by atoms with Crippen LogP contribution in [0.5, 0.6) is 0 Å². The molecule has 2 N–H and O–H groups in total. The zero-order valence-electron chi connectivity index (χ0n) is 13.5. The van der Waals surface area contributed by atoms with E-state index in [4.69, 9.17) is 12.2 Å². The highest BCUT2D eigenvalue weighted by atomic mass is 32.2. The van der Waals surface area contributed by atoms with E-state index in [0.717, 1.165) is 45.2 Å². The van der Waals surface area contributed by atoms with Crippen molar-refractivity contribution in [3.63, 3.8) is 0 Å². The maximum atomic E-state index is 13.5. The molecule has 0 spiro atoms. The third-order valence-electron chi connectivity index (χ3n) is 3.86. The Morgan fingerprint density at radius 3 is 2.71 bits per heavy atom. The van der Waals surface area contributed by atoms with Gasteiger partial charge in [0.2, 0.25) is 0 Å². The highest BCUT2D eigenvalue weighted by Crippen LogP contribution is 2.30. The zero-order valence-corrected chi connectivity index (χ0v) is 15.2. The summed E-state index contributed by atoms with van der Waals surface area (Å²) in [5.74, 6) is 0.677. The molecular formula is C18H18FN3S2. The summed E-state index contributed by atoms with van der Waals surface area (Å²) in [6.07, 6.45) is 0.778. The second-order valence-electron chi connectivity index (χ2n) is 5.63. The minimum absolute atomic E-state index is 0.250. The molecule has 124 valence electrons. The van der Waals surface area contributed by atoms with E-state index in [0.29, 0.717) is 5.11 Å². The van der Waals surface area contributed by atoms with Crippen molar-refractivity contribution in [1.29, 1.82) is 0 Å². The van der Waals surface area contributed by atoms with Gasteiger partial charge in [-0.25, -0.2) is 4.39 Å². The number of hydrazone groups is 1. The minimum Gasteiger partial charge on any atom is -0.331 e. The number of nitrogens with zero attached hydrogens (tertiary/aromatic N) is 1. The molecule has 0 saturated carbocycles. The number of aryl methyl sites for hydroxylation is 2. The van der Waals surface area contributed by atoms with E-state index in [1.807, 2.05) is 32.0 Å². The third-order valence-corrected chi connectivity index (χ3v) is 5.13. The molecule has 24 heavy (non-hydrogen) atoms. The molecule has 1 heterocycles. The van der Waals surface area contributed by atoms with Gasteiger partial charge in [-0.15, -0.1) is 11.8 Å². The van der Waals surface area contributed by atoms with Crippen molar-refractivity contribution in [3.8, 4) is 0 Å². The maximum Gasteiger partial charge on any atom is 0.191 e. The van der Waals surface area contributed by atoms with Crippen molar-refractivity contribution >= 4 is 40.5 Å². The van der Waals surface area contributed by atoms with E-state index in [-0.39, 0.29) is 5.82 Å². The van der Waals surface area contributed by atoms with E-state index in [1.165, 1.54) is 12.1 Å². The quantitative estimate of drug-likeness (QED) is 0.605. The molecule has 0 aliphatic carbocycles. The molecule has 3 nitrogen and oxygen atoms in total. The summed E-state index contributed by atoms with van der Waals surface area (Å²) < 4.78 is 13.5. The lowest BCUT2D eigenvalue weighted by molar-refractivity contribution is 0.626. The van der Waals surface area contributed by atoms with Crippen LogP contribution in [0.2, 0.25) is 0 Å². The first-order valence-corrected chi connectivity index (χ1v) is 9.06. The number of thiocarbonyl (C=S) groups is 1. The fourth-order valence-corrected chi connectivity index (χ4v) is 3.79. The Morgan fingerprint density at radius 1 is 1.21 bits per heavy atom. The van der Waals surface area contributed by atoms with Gasteiger partial charge in [0.15, 0.2) is 5.11 Å². The number of thioether (sulfide) groups is 1. The molecule has 0 fully saturated rings. The monoisotopic (exact) mass is 359 g/mol. The van der Waals surface area contributed by atoms with Gasteiger partial charge in [0.05, 0.1) is 5.71 Å². The Morgan fingerprint density at radius 2 is 1.96 bits per heavy atom. The second-order valence-corrected chi connectivity index (χ2v) is 7.18. The average molecular weight is 359 g/mol. The number of nitrogens with one attached hydrogen (secondary N) is 2. The molecule has 0 bridgehead atoms. The van der Waals surface area contributed by atoms with E-state index in [9.17, 15) is 4.39 Å². The van der Waals surface area contributed by atoms with Crippen LogP contribution in [-0.2, 0) is 0 Å². The third kappa shape index (κ3) is 3.76. The fraction of sp³-hybridized carbons (Fsp3) is 0.222. The molecule has 0 unspecified atom stereocenters. The van der Waals surface area contributed by atoms with Gasteiger partial charge in [0.25, 0.3) is 0 Å². The minimum atomic E-state index is -0.250. The molecule has 0 aromatic heterocycles. The topological polar surface area (TPSA) is 36.4 Å². The summed E-state index contributed by atoms with van der Waals surface area (Å²) in [5.41, 5.74) is 7.79. The van der Waals surface area contributed by atoms with Crippen LogP contribution >= 0.6 is 24.0 Å². The molecule has 0 amide bonds. The summed E-state index contributed by atoms with van der Waals surface area (Å²) >= 11 is 7.06. The summed E-state index contributed by atoms with van der Waals surface area (Å²) in [5, 5.41) is 8.02. The first kappa shape index (κ1) is 16.9. The Kier molecular flexibility index (Phi) is 5.16. The first-order valence-electron chi connectivity index (χ1n) is 7.67. The number of halogens is 1. The SMILES string of the molecule is Cc1cccc(C)c1NC(=S)NN=C1CCSc2ccc(F)cc21. The Bertz CT molecular complexity index is 798. The fourth-order valence-electron chi connectivity index (χ4n) is 2.63. The van der Waals surface area contributed by atoms with Crippen LogP contribution in [0.25, 0.3) is 0 Å². The molecular weight excluding hydrogens is 341 g/mol. The van der Waals surface area contributed by atoms with Crippen LogP contribution in [0.4, 0.5) is 10.1 Å². The number of hydrogen-bond acceptors (Lipinski definition) is 3. The summed E-state index contributed by atoms with van der Waals surface area (Å²) in [7, 11) is 0. The van der Waals surface area contributed by atoms with Crippen LogP contribution in [0.3, 0.4) is 0 Å². The van der Waals surface area contributed by atoms with Crippen molar-refractivity contribution in [1.82, 2.24) is 5.43 Å². The lowest BCUT2D eigenvalue weighted by atomic mass is 10.1. The van der Waals surface area contributed by atoms with Gasteiger partial charge in [-0.3, -0.25) is 5.43 Å². The van der Waals surface area contributed by atoms with Crippen molar-refractivity contribution < 1.29 is 4.39 Å². The van der Waals surface area contributed by atoms with E-state index >= 15 is 0 Å². The van der Waals surface area contributed by atoms with Crippen LogP contribution in [0.15, 0.2) is 46.4 Å². The van der Waals surface area contributed by atoms with Gasteiger partial charge in [-0.05, 0) is 55.4 Å². The van der Waals surface area contributed by atoms with Crippen LogP contribution < -0.4 is 10.7 Å². The van der Waals surface area contributed by atoms with E-state index < -0.39 is 0 Å². The largest absolute Gasteiger partial charge is 0.331 e. The van der Waals surface area contributed by atoms with E-state index in [1.54, 1.807) is 17.8 Å². The maximum absolute atomic E-state index is 13.5. The number of hydrogen-bond donors (Lipinski definition) is 2.